The number of carbonyl (C=O) groups excluding carboxylic acids is 1. The quantitative estimate of drug-likeness (QED) is 0.465. The van der Waals surface area contributed by atoms with Crippen LogP contribution in [0.2, 0.25) is 0 Å². The van der Waals surface area contributed by atoms with Crippen LogP contribution in [0.15, 0.2) is 55.0 Å². The number of carbonyl (C=O) groups is 1. The van der Waals surface area contributed by atoms with Crippen molar-refractivity contribution in [3.63, 3.8) is 0 Å². The van der Waals surface area contributed by atoms with Gasteiger partial charge in [0.15, 0.2) is 5.78 Å². The van der Waals surface area contributed by atoms with Crippen LogP contribution >= 0.6 is 0 Å². The average Bonchev–Trinajstić information content (AvgIpc) is 3.29. The molecule has 2 saturated heterocycles. The molecule has 0 unspecified atom stereocenters. The van der Waals surface area contributed by atoms with Crippen molar-refractivity contribution in [3.8, 4) is 11.1 Å². The highest BCUT2D eigenvalue weighted by molar-refractivity contribution is 5.98. The Morgan fingerprint density at radius 2 is 1.91 bits per heavy atom. The first-order valence-electron chi connectivity index (χ1n) is 11.8. The number of nitrogens with one attached hydrogen (secondary N) is 1. The first-order chi connectivity index (χ1) is 16.6. The van der Waals surface area contributed by atoms with Gasteiger partial charge in [-0.15, -0.1) is 0 Å². The number of hydrogen-bond donors (Lipinski definition) is 1. The molecule has 2 aliphatic heterocycles. The van der Waals surface area contributed by atoms with Crippen molar-refractivity contribution >= 4 is 22.5 Å². The molecule has 8 nitrogen and oxygen atoms in total. The van der Waals surface area contributed by atoms with Gasteiger partial charge < -0.3 is 10.2 Å². The highest BCUT2D eigenvalue weighted by Gasteiger charge is 2.43. The fourth-order valence-electron chi connectivity index (χ4n) is 5.15. The largest absolute Gasteiger partial charge is 0.355 e. The SMILES string of the molecule is Cn1cc(-c2ccc3nnc(CC(=O)c4ccnc(N5CC6(CCNCC6)C5)c4)cc3c2)cn1. The van der Waals surface area contributed by atoms with Gasteiger partial charge in [0.2, 0.25) is 0 Å². The van der Waals surface area contributed by atoms with E-state index in [1.54, 1.807) is 16.9 Å². The van der Waals surface area contributed by atoms with Gasteiger partial charge in [-0.25, -0.2) is 4.98 Å². The molecule has 1 aromatic carbocycles. The van der Waals surface area contributed by atoms with Crippen molar-refractivity contribution in [1.29, 1.82) is 0 Å². The molecule has 8 heteroatoms. The minimum absolute atomic E-state index is 0.0258. The third-order valence-electron chi connectivity index (χ3n) is 7.12. The molecular weight excluding hydrogens is 426 g/mol. The van der Waals surface area contributed by atoms with Crippen molar-refractivity contribution in [2.24, 2.45) is 12.5 Å². The second-order valence-electron chi connectivity index (χ2n) is 9.62. The molecule has 1 spiro atoms. The number of anilines is 1. The Labute approximate surface area is 198 Å². The van der Waals surface area contributed by atoms with Crippen molar-refractivity contribution in [2.75, 3.05) is 31.1 Å². The summed E-state index contributed by atoms with van der Waals surface area (Å²) in [6, 6.07) is 11.7. The van der Waals surface area contributed by atoms with Gasteiger partial charge in [0, 0.05) is 54.5 Å². The first kappa shape index (κ1) is 20.9. The number of nitrogens with zero attached hydrogens (tertiary/aromatic N) is 6. The second-order valence-corrected chi connectivity index (χ2v) is 9.62. The summed E-state index contributed by atoms with van der Waals surface area (Å²) in [5.41, 5.74) is 4.66. The van der Waals surface area contributed by atoms with Crippen molar-refractivity contribution < 1.29 is 4.79 Å². The zero-order valence-corrected chi connectivity index (χ0v) is 19.2. The maximum atomic E-state index is 13.1. The maximum absolute atomic E-state index is 13.1. The number of aromatic nitrogens is 5. The van der Waals surface area contributed by atoms with Crippen LogP contribution in [0.5, 0.6) is 0 Å². The van der Waals surface area contributed by atoms with Gasteiger partial charge in [-0.1, -0.05) is 6.07 Å². The Kier molecular flexibility index (Phi) is 5.10. The first-order valence-corrected chi connectivity index (χ1v) is 11.8. The maximum Gasteiger partial charge on any atom is 0.169 e. The molecule has 1 N–H and O–H groups in total. The van der Waals surface area contributed by atoms with Crippen molar-refractivity contribution in [2.45, 2.75) is 19.3 Å². The molecular formula is C26H27N7O. The summed E-state index contributed by atoms with van der Waals surface area (Å²) >= 11 is 0. The Bertz CT molecular complexity index is 1360. The number of Topliss-reactive ketones (excluding diaryl/α,β-unsaturated/α-hetero) is 1. The molecule has 2 aliphatic rings. The van der Waals surface area contributed by atoms with Crippen LogP contribution in [-0.2, 0) is 13.5 Å². The number of aryl methyl sites for hydroxylation is 1. The van der Waals surface area contributed by atoms with Gasteiger partial charge in [0.05, 0.1) is 23.8 Å². The summed E-state index contributed by atoms with van der Waals surface area (Å²) in [5.74, 6) is 0.915. The summed E-state index contributed by atoms with van der Waals surface area (Å²) in [4.78, 5) is 19.9. The van der Waals surface area contributed by atoms with Crippen LogP contribution in [-0.4, -0.2) is 56.9 Å². The van der Waals surface area contributed by atoms with Crippen LogP contribution < -0.4 is 10.2 Å². The number of pyridine rings is 1. The molecule has 4 aromatic rings. The lowest BCUT2D eigenvalue weighted by Gasteiger charge is -2.53. The molecule has 0 radical (unpaired) electrons. The third-order valence-corrected chi connectivity index (χ3v) is 7.12. The lowest BCUT2D eigenvalue weighted by atomic mass is 9.72. The molecule has 2 fully saturated rings. The summed E-state index contributed by atoms with van der Waals surface area (Å²) < 4.78 is 1.78. The van der Waals surface area contributed by atoms with Gasteiger partial charge in [-0.05, 0) is 61.8 Å². The smallest absolute Gasteiger partial charge is 0.169 e. The Balaban J connectivity index is 1.18. The molecule has 0 aliphatic carbocycles. The minimum Gasteiger partial charge on any atom is -0.355 e. The van der Waals surface area contributed by atoms with E-state index in [9.17, 15) is 4.79 Å². The topological polar surface area (TPSA) is 88.8 Å². The number of piperidine rings is 1. The number of hydrogen-bond acceptors (Lipinski definition) is 7. The fraction of sp³-hybridized carbons (Fsp3) is 0.346. The van der Waals surface area contributed by atoms with E-state index >= 15 is 0 Å². The van der Waals surface area contributed by atoms with E-state index in [0.717, 1.165) is 54.0 Å². The monoisotopic (exact) mass is 453 g/mol. The second kappa shape index (κ2) is 8.29. The van der Waals surface area contributed by atoms with Crippen molar-refractivity contribution in [1.82, 2.24) is 30.3 Å². The zero-order valence-electron chi connectivity index (χ0n) is 19.2. The fourth-order valence-corrected chi connectivity index (χ4v) is 5.15. The van der Waals surface area contributed by atoms with E-state index in [1.165, 1.54) is 12.8 Å². The normalized spacial score (nSPS) is 17.1. The van der Waals surface area contributed by atoms with Gasteiger partial charge in [-0.3, -0.25) is 9.48 Å². The lowest BCUT2D eigenvalue weighted by molar-refractivity contribution is 0.0991. The standard InChI is InChI=1S/C26H27N7O/c1-32-15-21(14-29-32)18-2-3-23-20(10-18)11-22(30-31-23)13-24(34)19-4-7-28-25(12-19)33-16-26(17-33)5-8-27-9-6-26/h2-4,7,10-12,14-15,27H,5-6,8-9,13,16-17H2,1H3. The highest BCUT2D eigenvalue weighted by atomic mass is 16.1. The molecule has 5 heterocycles. The Morgan fingerprint density at radius 3 is 2.71 bits per heavy atom. The van der Waals surface area contributed by atoms with Crippen molar-refractivity contribution in [3.05, 3.63) is 66.2 Å². The van der Waals surface area contributed by atoms with E-state index in [1.807, 2.05) is 43.7 Å². The van der Waals surface area contributed by atoms with E-state index in [4.69, 9.17) is 0 Å². The summed E-state index contributed by atoms with van der Waals surface area (Å²) in [5, 5.41) is 17.3. The molecule has 34 heavy (non-hydrogen) atoms. The van der Waals surface area contributed by atoms with E-state index in [-0.39, 0.29) is 12.2 Å². The van der Waals surface area contributed by atoms with E-state index < -0.39 is 0 Å². The van der Waals surface area contributed by atoms with Gasteiger partial charge in [0.25, 0.3) is 0 Å². The molecule has 3 aromatic heterocycles. The van der Waals surface area contributed by atoms with Gasteiger partial charge in [0.1, 0.15) is 5.82 Å². The van der Waals surface area contributed by atoms with Crippen LogP contribution in [0, 0.1) is 5.41 Å². The predicted molar refractivity (Wildman–Crippen MR) is 131 cm³/mol. The van der Waals surface area contributed by atoms with Gasteiger partial charge in [-0.2, -0.15) is 15.3 Å². The molecule has 0 bridgehead atoms. The number of rotatable bonds is 5. The number of benzene rings is 1. The summed E-state index contributed by atoms with van der Waals surface area (Å²) in [6.45, 7) is 4.23. The third kappa shape index (κ3) is 3.94. The zero-order chi connectivity index (χ0) is 23.1. The van der Waals surface area contributed by atoms with Crippen LogP contribution in [0.25, 0.3) is 22.0 Å². The Morgan fingerprint density at radius 1 is 1.06 bits per heavy atom. The summed E-state index contributed by atoms with van der Waals surface area (Å²) in [7, 11) is 1.90. The van der Waals surface area contributed by atoms with Crippen LogP contribution in [0.1, 0.15) is 28.9 Å². The molecule has 172 valence electrons. The number of fused-ring (bicyclic) bond motifs is 1. The van der Waals surface area contributed by atoms with Crippen LogP contribution in [0.4, 0.5) is 5.82 Å². The highest BCUT2D eigenvalue weighted by Crippen LogP contribution is 2.40. The molecule has 0 atom stereocenters. The summed E-state index contributed by atoms with van der Waals surface area (Å²) in [6.07, 6.45) is 8.19. The average molecular weight is 454 g/mol. The molecule has 6 rings (SSSR count). The minimum atomic E-state index is 0.0258. The molecule has 0 saturated carbocycles. The predicted octanol–water partition coefficient (Wildman–Crippen LogP) is 3.04. The Hall–Kier alpha value is -3.65. The lowest BCUT2D eigenvalue weighted by Crippen LogP contribution is -2.60. The van der Waals surface area contributed by atoms with E-state index in [0.29, 0.717) is 16.7 Å². The van der Waals surface area contributed by atoms with E-state index in [2.05, 4.69) is 36.6 Å². The van der Waals surface area contributed by atoms with Crippen LogP contribution in [0.3, 0.4) is 0 Å². The van der Waals surface area contributed by atoms with Gasteiger partial charge >= 0.3 is 0 Å². The number of ketones is 1. The molecule has 0 amide bonds.